The molecule has 0 saturated heterocycles. The summed E-state index contributed by atoms with van der Waals surface area (Å²) in [6.45, 7) is 21.5. The van der Waals surface area contributed by atoms with Crippen molar-refractivity contribution in [1.82, 2.24) is 0 Å². The second-order valence-corrected chi connectivity index (χ2v) is 11.1. The van der Waals surface area contributed by atoms with Crippen molar-refractivity contribution in [3.8, 4) is 0 Å². The highest BCUT2D eigenvalue weighted by Gasteiger charge is 1.88. The van der Waals surface area contributed by atoms with Gasteiger partial charge in [-0.05, 0) is 94.9 Å². The minimum atomic E-state index is 1.12. The van der Waals surface area contributed by atoms with Crippen LogP contribution in [0.4, 0.5) is 0 Å². The van der Waals surface area contributed by atoms with Crippen LogP contribution in [0.15, 0.2) is 154 Å². The van der Waals surface area contributed by atoms with E-state index in [0.717, 1.165) is 25.7 Å². The molecule has 0 spiro atoms. The van der Waals surface area contributed by atoms with Crippen LogP contribution in [0.25, 0.3) is 0 Å². The second kappa shape index (κ2) is 23.5. The van der Waals surface area contributed by atoms with E-state index in [1.54, 1.807) is 0 Å². The minimum absolute atomic E-state index is 1.12. The van der Waals surface area contributed by atoms with Crippen LogP contribution in [0.5, 0.6) is 0 Å². The van der Waals surface area contributed by atoms with Crippen LogP contribution in [0.2, 0.25) is 0 Å². The van der Waals surface area contributed by atoms with Gasteiger partial charge in [-0.15, -0.1) is 0 Å². The molecule has 0 rings (SSSR count). The maximum absolute atomic E-state index is 2.30. The Kier molecular flexibility index (Phi) is 21.5. The molecule has 40 heavy (non-hydrogen) atoms. The molecule has 0 heteroatoms. The average Bonchev–Trinajstić information content (AvgIpc) is 2.86. The average molecular weight is 537 g/mol. The fraction of sp³-hybridized carbons (Fsp3) is 0.350. The van der Waals surface area contributed by atoms with Crippen LogP contribution in [0.3, 0.4) is 0 Å². The third kappa shape index (κ3) is 24.9. The largest absolute Gasteiger partial charge is 0.0856 e. The van der Waals surface area contributed by atoms with Gasteiger partial charge >= 0.3 is 0 Å². The molecule has 0 nitrogen and oxygen atoms in total. The Morgan fingerprint density at radius 3 is 0.925 bits per heavy atom. The van der Waals surface area contributed by atoms with Crippen molar-refractivity contribution in [2.45, 2.75) is 94.9 Å². The lowest BCUT2D eigenvalue weighted by molar-refractivity contribution is 0.967. The summed E-state index contributed by atoms with van der Waals surface area (Å²) in [6.07, 6.45) is 43.3. The van der Waals surface area contributed by atoms with Crippen molar-refractivity contribution in [2.75, 3.05) is 0 Å². The first-order chi connectivity index (χ1) is 19.0. The number of hydrogen-bond donors (Lipinski definition) is 0. The molecule has 0 aromatic heterocycles. The van der Waals surface area contributed by atoms with Crippen LogP contribution < -0.4 is 0 Å². The van der Waals surface area contributed by atoms with E-state index in [4.69, 9.17) is 0 Å². The summed E-state index contributed by atoms with van der Waals surface area (Å²) in [5.41, 5.74) is 10.5. The van der Waals surface area contributed by atoms with Crippen LogP contribution in [0, 0.1) is 0 Å². The molecule has 0 bridgehead atoms. The SMILES string of the molecule is CC(C)=CCC\C(C)=C/C=C/C(C)=C/C=C/C(C)=C\C=C\C=C(C)\C=C\C=C(C)\C=C\C=C(/C)CCC=C(C)C. The van der Waals surface area contributed by atoms with Crippen LogP contribution in [-0.4, -0.2) is 0 Å². The van der Waals surface area contributed by atoms with Gasteiger partial charge in [0.05, 0.1) is 0 Å². The molecule has 216 valence electrons. The molecular weight excluding hydrogens is 480 g/mol. The third-order valence-electron chi connectivity index (χ3n) is 5.93. The maximum atomic E-state index is 2.30. The quantitative estimate of drug-likeness (QED) is 0.136. The third-order valence-corrected chi connectivity index (χ3v) is 5.93. The van der Waals surface area contributed by atoms with Crippen molar-refractivity contribution in [3.05, 3.63) is 154 Å². The fourth-order valence-corrected chi connectivity index (χ4v) is 3.41. The standard InChI is InChI=1S/C40H56/c1-33(2)19-13-23-37(7)27-17-31-39(9)29-15-25-35(5)21-11-12-22-36(6)26-16-30-40(10)32-18-28-38(8)24-14-20-34(3)4/h11-12,15-22,25-32H,13-14,23-24H2,1-10H3/b12-11+,25-15+,26-16+,31-17+,32-18+,35-21-,36-22+,37-27-,38-28+,39-29+,40-30+. The predicted molar refractivity (Wildman–Crippen MR) is 186 cm³/mol. The summed E-state index contributed by atoms with van der Waals surface area (Å²) in [7, 11) is 0. The Morgan fingerprint density at radius 1 is 0.350 bits per heavy atom. The highest BCUT2D eigenvalue weighted by atomic mass is 13.9. The highest BCUT2D eigenvalue weighted by molar-refractivity contribution is 5.32. The Bertz CT molecular complexity index is 1050. The van der Waals surface area contributed by atoms with Gasteiger partial charge in [0.25, 0.3) is 0 Å². The smallest absolute Gasteiger partial charge is 0.0285 e. The monoisotopic (exact) mass is 536 g/mol. The molecule has 0 aromatic rings. The number of hydrogen-bond acceptors (Lipinski definition) is 0. The maximum Gasteiger partial charge on any atom is -0.0285 e. The zero-order chi connectivity index (χ0) is 30.2. The molecule has 0 aliphatic rings. The first-order valence-electron chi connectivity index (χ1n) is 14.7. The van der Waals surface area contributed by atoms with E-state index in [1.165, 1.54) is 44.6 Å². The van der Waals surface area contributed by atoms with Gasteiger partial charge in [-0.3, -0.25) is 0 Å². The second-order valence-electron chi connectivity index (χ2n) is 11.1. The Hall–Kier alpha value is -3.38. The molecular formula is C40H56. The molecule has 0 fully saturated rings. The van der Waals surface area contributed by atoms with E-state index < -0.39 is 0 Å². The molecule has 0 aromatic carbocycles. The van der Waals surface area contributed by atoms with Gasteiger partial charge in [0.15, 0.2) is 0 Å². The van der Waals surface area contributed by atoms with E-state index in [0.29, 0.717) is 0 Å². The van der Waals surface area contributed by atoms with Gasteiger partial charge in [-0.25, -0.2) is 0 Å². The highest BCUT2D eigenvalue weighted by Crippen LogP contribution is 2.09. The molecule has 0 aliphatic carbocycles. The molecule has 0 unspecified atom stereocenters. The lowest BCUT2D eigenvalue weighted by atomic mass is 10.1. The minimum Gasteiger partial charge on any atom is -0.0856 e. The normalized spacial score (nSPS) is 15.1. The zero-order valence-corrected chi connectivity index (χ0v) is 27.2. The van der Waals surface area contributed by atoms with Crippen molar-refractivity contribution in [3.63, 3.8) is 0 Å². The molecule has 0 heterocycles. The van der Waals surface area contributed by atoms with E-state index >= 15 is 0 Å². The summed E-state index contributed by atoms with van der Waals surface area (Å²) in [4.78, 5) is 0. The van der Waals surface area contributed by atoms with Gasteiger partial charge in [-0.1, -0.05) is 154 Å². The van der Waals surface area contributed by atoms with E-state index in [2.05, 4.69) is 179 Å². The number of rotatable bonds is 16. The van der Waals surface area contributed by atoms with E-state index in [-0.39, 0.29) is 0 Å². The topological polar surface area (TPSA) is 0 Å². The number of allylic oxidation sites excluding steroid dienone is 26. The first kappa shape index (κ1) is 36.6. The molecule has 0 N–H and O–H groups in total. The van der Waals surface area contributed by atoms with Gasteiger partial charge in [-0.2, -0.15) is 0 Å². The van der Waals surface area contributed by atoms with Crippen molar-refractivity contribution in [2.24, 2.45) is 0 Å². The summed E-state index contributed by atoms with van der Waals surface area (Å²) in [5.74, 6) is 0. The zero-order valence-electron chi connectivity index (χ0n) is 27.2. The van der Waals surface area contributed by atoms with Gasteiger partial charge in [0.2, 0.25) is 0 Å². The lowest BCUT2D eigenvalue weighted by Gasteiger charge is -1.96. The van der Waals surface area contributed by atoms with E-state index in [1.807, 2.05) is 0 Å². The molecule has 0 atom stereocenters. The lowest BCUT2D eigenvalue weighted by Crippen LogP contribution is -1.76. The van der Waals surface area contributed by atoms with Crippen LogP contribution >= 0.6 is 0 Å². The first-order valence-corrected chi connectivity index (χ1v) is 14.7. The van der Waals surface area contributed by atoms with Gasteiger partial charge in [0, 0.05) is 0 Å². The summed E-state index contributed by atoms with van der Waals surface area (Å²) in [5, 5.41) is 0. The molecule has 0 amide bonds. The van der Waals surface area contributed by atoms with Crippen molar-refractivity contribution < 1.29 is 0 Å². The molecule has 0 aliphatic heterocycles. The Morgan fingerprint density at radius 2 is 0.625 bits per heavy atom. The van der Waals surface area contributed by atoms with Gasteiger partial charge in [0.1, 0.15) is 0 Å². The predicted octanol–water partition coefficient (Wildman–Crippen LogP) is 12.9. The summed E-state index contributed by atoms with van der Waals surface area (Å²) in [6, 6.07) is 0. The van der Waals surface area contributed by atoms with Gasteiger partial charge < -0.3 is 0 Å². The van der Waals surface area contributed by atoms with Crippen molar-refractivity contribution >= 4 is 0 Å². The van der Waals surface area contributed by atoms with E-state index in [9.17, 15) is 0 Å². The Balaban J connectivity index is 4.70. The summed E-state index contributed by atoms with van der Waals surface area (Å²) >= 11 is 0. The van der Waals surface area contributed by atoms with Crippen LogP contribution in [-0.2, 0) is 0 Å². The molecule has 0 saturated carbocycles. The Labute approximate surface area is 248 Å². The summed E-state index contributed by atoms with van der Waals surface area (Å²) < 4.78 is 0. The fourth-order valence-electron chi connectivity index (χ4n) is 3.41. The van der Waals surface area contributed by atoms with Crippen LogP contribution in [0.1, 0.15) is 94.9 Å². The molecule has 0 radical (unpaired) electrons. The van der Waals surface area contributed by atoms with Crippen molar-refractivity contribution in [1.29, 1.82) is 0 Å².